The molecule has 1 aliphatic rings. The summed E-state index contributed by atoms with van der Waals surface area (Å²) in [5.41, 5.74) is 1.37. The lowest BCUT2D eigenvalue weighted by Crippen LogP contribution is -2.36. The van der Waals surface area contributed by atoms with E-state index >= 15 is 0 Å². The number of halogens is 2. The summed E-state index contributed by atoms with van der Waals surface area (Å²) in [5, 5.41) is 2.20. The normalized spacial score (nSPS) is 17.3. The number of unbranched alkanes of at least 4 members (excludes halogenated alkanes) is 4. The molecule has 1 aromatic rings. The molecule has 0 aromatic heterocycles. The van der Waals surface area contributed by atoms with Crippen LogP contribution in [0, 0.1) is 0 Å². The van der Waals surface area contributed by atoms with Crippen molar-refractivity contribution in [1.29, 1.82) is 0 Å². The van der Waals surface area contributed by atoms with Crippen molar-refractivity contribution < 1.29 is 4.74 Å². The van der Waals surface area contributed by atoms with E-state index < -0.39 is 8.11 Å². The lowest BCUT2D eigenvalue weighted by atomic mass is 10.1. The molecule has 2 rings (SSSR count). The minimum absolute atomic E-state index is 0.834. The van der Waals surface area contributed by atoms with E-state index in [0.29, 0.717) is 0 Å². The fraction of sp³-hybridized carbons (Fsp3) is 0.667. The molecule has 1 heterocycles. The molecule has 1 unspecified atom stereocenters. The maximum atomic E-state index is 6.40. The van der Waals surface area contributed by atoms with Gasteiger partial charge in [0.1, 0.15) is 0 Å². The van der Waals surface area contributed by atoms with Crippen LogP contribution in [0.3, 0.4) is 0 Å². The number of aryl methyl sites for hydroxylation is 1. The first-order chi connectivity index (χ1) is 11.2. The van der Waals surface area contributed by atoms with Crippen molar-refractivity contribution in [2.24, 2.45) is 0 Å². The Kier molecular flexibility index (Phi) is 8.99. The molecule has 2 nitrogen and oxygen atoms in total. The van der Waals surface area contributed by atoms with Crippen LogP contribution in [0.4, 0.5) is 0 Å². The van der Waals surface area contributed by atoms with Crippen LogP contribution < -0.4 is 5.19 Å². The quantitative estimate of drug-likeness (QED) is 0.369. The van der Waals surface area contributed by atoms with Crippen LogP contribution in [0.1, 0.15) is 37.7 Å². The Hall–Kier alpha value is -0.0631. The number of rotatable bonds is 9. The molecule has 0 spiro atoms. The third-order valence-corrected chi connectivity index (χ3v) is 6.92. The highest BCUT2D eigenvalue weighted by Crippen LogP contribution is 2.15. The second-order valence-corrected chi connectivity index (χ2v) is 10.7. The molecule has 23 heavy (non-hydrogen) atoms. The molecule has 1 aromatic carbocycles. The van der Waals surface area contributed by atoms with Crippen molar-refractivity contribution in [1.82, 2.24) is 4.90 Å². The minimum atomic E-state index is -1.28. The molecule has 0 radical (unpaired) electrons. The lowest BCUT2D eigenvalue weighted by Gasteiger charge is -2.26. The van der Waals surface area contributed by atoms with Crippen molar-refractivity contribution in [3.05, 3.63) is 28.8 Å². The molecule has 1 atom stereocenters. The third kappa shape index (κ3) is 7.14. The maximum absolute atomic E-state index is 6.40. The molecule has 0 bridgehead atoms. The highest BCUT2D eigenvalue weighted by molar-refractivity contribution is 7.13. The molecule has 0 saturated carbocycles. The molecule has 0 amide bonds. The largest absolute Gasteiger partial charge is 0.379 e. The van der Waals surface area contributed by atoms with Crippen molar-refractivity contribution >= 4 is 36.0 Å². The second kappa shape index (κ2) is 10.7. The van der Waals surface area contributed by atoms with E-state index in [9.17, 15) is 0 Å². The van der Waals surface area contributed by atoms with Gasteiger partial charge in [-0.3, -0.25) is 4.90 Å². The monoisotopic (exact) mass is 373 g/mol. The average molecular weight is 374 g/mol. The summed E-state index contributed by atoms with van der Waals surface area (Å²) in [6.45, 7) is 7.43. The van der Waals surface area contributed by atoms with Crippen molar-refractivity contribution in [3.63, 3.8) is 0 Å². The van der Waals surface area contributed by atoms with Gasteiger partial charge in [0.2, 0.25) is 0 Å². The highest BCUT2D eigenvalue weighted by Gasteiger charge is 2.11. The summed E-state index contributed by atoms with van der Waals surface area (Å²) >= 11 is 12.5. The van der Waals surface area contributed by atoms with Crippen molar-refractivity contribution in [2.75, 3.05) is 32.8 Å². The van der Waals surface area contributed by atoms with Gasteiger partial charge in [-0.2, -0.15) is 11.1 Å². The zero-order valence-corrected chi connectivity index (χ0v) is 16.9. The van der Waals surface area contributed by atoms with E-state index in [4.69, 9.17) is 27.4 Å². The predicted octanol–water partition coefficient (Wildman–Crippen LogP) is 3.96. The zero-order chi connectivity index (χ0) is 16.5. The minimum Gasteiger partial charge on any atom is -0.379 e. The summed E-state index contributed by atoms with van der Waals surface area (Å²) < 4.78 is 5.38. The Morgan fingerprint density at radius 2 is 1.78 bits per heavy atom. The topological polar surface area (TPSA) is 12.5 Å². The summed E-state index contributed by atoms with van der Waals surface area (Å²) in [4.78, 5) is 2.52. The molecule has 1 aliphatic heterocycles. The number of ether oxygens (including phenoxy) is 1. The Balaban J connectivity index is 1.59. The Morgan fingerprint density at radius 1 is 1.09 bits per heavy atom. The lowest BCUT2D eigenvalue weighted by molar-refractivity contribution is 0.0371. The number of nitrogens with zero attached hydrogens (tertiary/aromatic N) is 1. The van der Waals surface area contributed by atoms with Gasteiger partial charge in [0, 0.05) is 18.1 Å². The van der Waals surface area contributed by atoms with Gasteiger partial charge in [0.05, 0.1) is 13.2 Å². The summed E-state index contributed by atoms with van der Waals surface area (Å²) in [7, 11) is -1.28. The average Bonchev–Trinajstić information content (AvgIpc) is 2.54. The molecule has 130 valence electrons. The summed E-state index contributed by atoms with van der Waals surface area (Å²) in [6.07, 6.45) is 7.63. The predicted molar refractivity (Wildman–Crippen MR) is 104 cm³/mol. The van der Waals surface area contributed by atoms with Crippen LogP contribution in [0.2, 0.25) is 11.6 Å². The van der Waals surface area contributed by atoms with Gasteiger partial charge in [-0.15, -0.1) is 0 Å². The first kappa shape index (κ1) is 19.3. The molecular formula is C18H29Cl2NOSi. The van der Waals surface area contributed by atoms with Gasteiger partial charge in [0.25, 0.3) is 0 Å². The van der Waals surface area contributed by atoms with E-state index in [0.717, 1.165) is 37.7 Å². The maximum Gasteiger partial charge on any atom is 0.168 e. The molecule has 1 saturated heterocycles. The Labute approximate surface area is 152 Å². The Morgan fingerprint density at radius 3 is 2.52 bits per heavy atom. The molecule has 0 N–H and O–H groups in total. The number of benzene rings is 1. The van der Waals surface area contributed by atoms with E-state index in [1.165, 1.54) is 49.4 Å². The first-order valence-corrected chi connectivity index (χ1v) is 12.7. The Bertz CT molecular complexity index is 464. The second-order valence-electron chi connectivity index (χ2n) is 6.43. The van der Waals surface area contributed by atoms with Crippen LogP contribution in [0.15, 0.2) is 18.2 Å². The van der Waals surface area contributed by atoms with Crippen LogP contribution in [0.25, 0.3) is 0 Å². The number of hydrogen-bond donors (Lipinski definition) is 0. The SMILES string of the molecule is C[SiH](Cl)c1ccc(Cl)cc1CCCCCCCN1CCOCC1. The molecule has 5 heteroatoms. The third-order valence-electron chi connectivity index (χ3n) is 4.56. The molecular weight excluding hydrogens is 345 g/mol. The van der Waals surface area contributed by atoms with Gasteiger partial charge >= 0.3 is 0 Å². The van der Waals surface area contributed by atoms with Gasteiger partial charge in [-0.05, 0) is 48.7 Å². The van der Waals surface area contributed by atoms with E-state index in [1.54, 1.807) is 0 Å². The van der Waals surface area contributed by atoms with Crippen LogP contribution in [-0.4, -0.2) is 45.9 Å². The van der Waals surface area contributed by atoms with Gasteiger partial charge in [0.15, 0.2) is 8.11 Å². The molecule has 0 aliphatic carbocycles. The zero-order valence-electron chi connectivity index (χ0n) is 14.2. The fourth-order valence-electron chi connectivity index (χ4n) is 3.18. The smallest absolute Gasteiger partial charge is 0.168 e. The summed E-state index contributed by atoms with van der Waals surface area (Å²) in [6, 6.07) is 6.21. The van der Waals surface area contributed by atoms with Crippen molar-refractivity contribution in [2.45, 2.75) is 45.1 Å². The first-order valence-electron chi connectivity index (χ1n) is 8.89. The van der Waals surface area contributed by atoms with Crippen LogP contribution in [0.5, 0.6) is 0 Å². The number of morpholine rings is 1. The molecule has 1 fully saturated rings. The van der Waals surface area contributed by atoms with Crippen molar-refractivity contribution in [3.8, 4) is 0 Å². The summed E-state index contributed by atoms with van der Waals surface area (Å²) in [5.74, 6) is 0. The highest BCUT2D eigenvalue weighted by atomic mass is 35.6. The van der Waals surface area contributed by atoms with Gasteiger partial charge in [-0.1, -0.05) is 43.5 Å². The van der Waals surface area contributed by atoms with E-state index in [2.05, 4.69) is 23.6 Å². The van der Waals surface area contributed by atoms with E-state index in [1.807, 2.05) is 6.07 Å². The van der Waals surface area contributed by atoms with E-state index in [-0.39, 0.29) is 0 Å². The number of hydrogen-bond acceptors (Lipinski definition) is 2. The van der Waals surface area contributed by atoms with Gasteiger partial charge in [-0.25, -0.2) is 0 Å². The van der Waals surface area contributed by atoms with Crippen LogP contribution in [-0.2, 0) is 11.2 Å². The standard InChI is InChI=1S/C18H29Cl2NOSi/c1-23(20)18-9-8-17(19)15-16(18)7-5-3-2-4-6-10-21-11-13-22-14-12-21/h8-9,15,23H,2-7,10-14H2,1H3. The van der Waals surface area contributed by atoms with Crippen LogP contribution >= 0.6 is 22.7 Å². The fourth-order valence-corrected chi connectivity index (χ4v) is 5.12. The van der Waals surface area contributed by atoms with Gasteiger partial charge < -0.3 is 4.74 Å².